The first-order valence-corrected chi connectivity index (χ1v) is 5.66. The molecule has 6 heteroatoms. The molecule has 0 aliphatic heterocycles. The lowest BCUT2D eigenvalue weighted by Crippen LogP contribution is -2.41. The molecule has 0 spiro atoms. The molecule has 0 aromatic rings. The summed E-state index contributed by atoms with van der Waals surface area (Å²) in [6.45, 7) is 8.68. The Morgan fingerprint density at radius 3 is 1.72 bits per heavy atom. The lowest BCUT2D eigenvalue weighted by molar-refractivity contribution is -0.217. The summed E-state index contributed by atoms with van der Waals surface area (Å²) >= 11 is 0. The molecule has 1 unspecified atom stereocenters. The van der Waals surface area contributed by atoms with E-state index in [4.69, 9.17) is 9.47 Å². The Balaban J connectivity index is 4.76. The first-order chi connectivity index (χ1) is 7.72. The van der Waals surface area contributed by atoms with Crippen LogP contribution in [-0.2, 0) is 14.3 Å². The van der Waals surface area contributed by atoms with E-state index in [2.05, 4.69) is 0 Å². The number of alkyl halides is 3. The van der Waals surface area contributed by atoms with Gasteiger partial charge in [-0.25, -0.2) is 0 Å². The molecule has 0 aromatic carbocycles. The number of hydrogen-bond acceptors (Lipinski definition) is 3. The van der Waals surface area contributed by atoms with Crippen molar-refractivity contribution in [2.45, 2.75) is 58.9 Å². The Labute approximate surface area is 106 Å². The molecule has 108 valence electrons. The molecule has 0 heterocycles. The van der Waals surface area contributed by atoms with Crippen LogP contribution >= 0.6 is 0 Å². The number of carbonyl (C=O) groups is 1. The highest BCUT2D eigenvalue weighted by atomic mass is 19.4. The average Bonchev–Trinajstić information content (AvgIpc) is 1.94. The average molecular weight is 270 g/mol. The largest absolute Gasteiger partial charge is 0.459 e. The topological polar surface area (TPSA) is 35.5 Å². The monoisotopic (exact) mass is 270 g/mol. The first kappa shape index (κ1) is 17.2. The van der Waals surface area contributed by atoms with Crippen molar-refractivity contribution in [2.75, 3.05) is 6.61 Å². The maximum absolute atomic E-state index is 12.7. The van der Waals surface area contributed by atoms with Gasteiger partial charge in [-0.15, -0.1) is 0 Å². The van der Waals surface area contributed by atoms with Gasteiger partial charge in [0, 0.05) is 0 Å². The second-order valence-electron chi connectivity index (χ2n) is 6.05. The molecule has 0 saturated heterocycles. The molecule has 0 rings (SSSR count). The van der Waals surface area contributed by atoms with E-state index in [1.807, 2.05) is 0 Å². The van der Waals surface area contributed by atoms with Crippen LogP contribution in [0.4, 0.5) is 13.2 Å². The Bertz CT molecular complexity index is 284. The van der Waals surface area contributed by atoms with Gasteiger partial charge < -0.3 is 9.47 Å². The van der Waals surface area contributed by atoms with Gasteiger partial charge in [-0.05, 0) is 41.5 Å². The van der Waals surface area contributed by atoms with E-state index >= 15 is 0 Å². The fourth-order valence-electron chi connectivity index (χ4n) is 1.00. The third kappa shape index (κ3) is 7.53. The highest BCUT2D eigenvalue weighted by Gasteiger charge is 2.47. The molecule has 0 fully saturated rings. The Kier molecular flexibility index (Phi) is 5.23. The third-order valence-corrected chi connectivity index (χ3v) is 1.77. The SMILES string of the molecule is CC(C)(C)OCC(C(=O)OC(C)(C)C)C(F)(F)F. The molecule has 0 aliphatic carbocycles. The van der Waals surface area contributed by atoms with Crippen LogP contribution in [0.2, 0.25) is 0 Å². The maximum Gasteiger partial charge on any atom is 0.404 e. The van der Waals surface area contributed by atoms with E-state index in [0.717, 1.165) is 0 Å². The van der Waals surface area contributed by atoms with Gasteiger partial charge in [-0.1, -0.05) is 0 Å². The first-order valence-electron chi connectivity index (χ1n) is 5.66. The summed E-state index contributed by atoms with van der Waals surface area (Å²) in [6, 6.07) is 0. The second kappa shape index (κ2) is 5.47. The fourth-order valence-corrected chi connectivity index (χ4v) is 1.00. The summed E-state index contributed by atoms with van der Waals surface area (Å²) in [5.74, 6) is -3.56. The molecule has 0 N–H and O–H groups in total. The minimum atomic E-state index is -4.67. The van der Waals surface area contributed by atoms with Crippen molar-refractivity contribution < 1.29 is 27.4 Å². The lowest BCUT2D eigenvalue weighted by Gasteiger charge is -2.27. The lowest BCUT2D eigenvalue weighted by atomic mass is 10.1. The summed E-state index contributed by atoms with van der Waals surface area (Å²) in [7, 11) is 0. The minimum Gasteiger partial charge on any atom is -0.459 e. The van der Waals surface area contributed by atoms with Crippen LogP contribution in [0.3, 0.4) is 0 Å². The fraction of sp³-hybridized carbons (Fsp3) is 0.917. The highest BCUT2D eigenvalue weighted by molar-refractivity contribution is 5.74. The van der Waals surface area contributed by atoms with Gasteiger partial charge in [0.15, 0.2) is 5.92 Å². The van der Waals surface area contributed by atoms with Crippen LogP contribution in [-0.4, -0.2) is 30.0 Å². The molecule has 0 bridgehead atoms. The van der Waals surface area contributed by atoms with Crippen molar-refractivity contribution in [3.8, 4) is 0 Å². The number of halogens is 3. The smallest absolute Gasteiger partial charge is 0.404 e. The van der Waals surface area contributed by atoms with Crippen molar-refractivity contribution in [1.29, 1.82) is 0 Å². The quantitative estimate of drug-likeness (QED) is 0.738. The van der Waals surface area contributed by atoms with Gasteiger partial charge in [0.2, 0.25) is 0 Å². The number of esters is 1. The normalized spacial score (nSPS) is 15.4. The van der Waals surface area contributed by atoms with Crippen LogP contribution in [0, 0.1) is 5.92 Å². The Morgan fingerprint density at radius 2 is 1.44 bits per heavy atom. The van der Waals surface area contributed by atoms with E-state index in [-0.39, 0.29) is 0 Å². The Hall–Kier alpha value is -0.780. The van der Waals surface area contributed by atoms with Crippen LogP contribution < -0.4 is 0 Å². The van der Waals surface area contributed by atoms with Crippen molar-refractivity contribution >= 4 is 5.97 Å². The number of hydrogen-bond donors (Lipinski definition) is 0. The maximum atomic E-state index is 12.7. The van der Waals surface area contributed by atoms with Crippen LogP contribution in [0.1, 0.15) is 41.5 Å². The number of rotatable bonds is 3. The van der Waals surface area contributed by atoms with Gasteiger partial charge in [0.05, 0.1) is 12.2 Å². The van der Waals surface area contributed by atoms with Crippen molar-refractivity contribution in [2.24, 2.45) is 5.92 Å². The zero-order chi connectivity index (χ0) is 14.8. The van der Waals surface area contributed by atoms with E-state index in [1.165, 1.54) is 20.8 Å². The zero-order valence-corrected chi connectivity index (χ0v) is 11.6. The van der Waals surface area contributed by atoms with Gasteiger partial charge in [0.1, 0.15) is 5.60 Å². The van der Waals surface area contributed by atoms with E-state index < -0.39 is 35.9 Å². The summed E-state index contributed by atoms with van der Waals surface area (Å²) in [5, 5.41) is 0. The second-order valence-corrected chi connectivity index (χ2v) is 6.05. The summed E-state index contributed by atoms with van der Waals surface area (Å²) in [4.78, 5) is 11.5. The van der Waals surface area contributed by atoms with Crippen molar-refractivity contribution in [3.05, 3.63) is 0 Å². The molecule has 1 atom stereocenters. The third-order valence-electron chi connectivity index (χ3n) is 1.77. The minimum absolute atomic E-state index is 0.734. The molecule has 18 heavy (non-hydrogen) atoms. The van der Waals surface area contributed by atoms with Crippen LogP contribution in [0.25, 0.3) is 0 Å². The van der Waals surface area contributed by atoms with E-state index in [0.29, 0.717) is 0 Å². The number of carbonyl (C=O) groups excluding carboxylic acids is 1. The van der Waals surface area contributed by atoms with Gasteiger partial charge in [-0.3, -0.25) is 4.79 Å². The Morgan fingerprint density at radius 1 is 1.00 bits per heavy atom. The molecule has 0 saturated carbocycles. The van der Waals surface area contributed by atoms with Crippen molar-refractivity contribution in [3.63, 3.8) is 0 Å². The van der Waals surface area contributed by atoms with Crippen LogP contribution in [0.5, 0.6) is 0 Å². The zero-order valence-electron chi connectivity index (χ0n) is 11.6. The van der Waals surface area contributed by atoms with E-state index in [1.54, 1.807) is 20.8 Å². The summed E-state index contributed by atoms with van der Waals surface area (Å²) in [5.41, 5.74) is -1.70. The van der Waals surface area contributed by atoms with Crippen LogP contribution in [0.15, 0.2) is 0 Å². The predicted molar refractivity (Wildman–Crippen MR) is 61.1 cm³/mol. The predicted octanol–water partition coefficient (Wildman–Crippen LogP) is 3.32. The van der Waals surface area contributed by atoms with Crippen molar-refractivity contribution in [1.82, 2.24) is 0 Å². The molecule has 3 nitrogen and oxygen atoms in total. The summed E-state index contributed by atoms with van der Waals surface area (Å²) < 4.78 is 48.0. The van der Waals surface area contributed by atoms with E-state index in [9.17, 15) is 18.0 Å². The van der Waals surface area contributed by atoms with Gasteiger partial charge in [-0.2, -0.15) is 13.2 Å². The van der Waals surface area contributed by atoms with Gasteiger partial charge in [0.25, 0.3) is 0 Å². The highest BCUT2D eigenvalue weighted by Crippen LogP contribution is 2.30. The molecule has 0 amide bonds. The molecule has 0 radical (unpaired) electrons. The molecular weight excluding hydrogens is 249 g/mol. The molecule has 0 aromatic heterocycles. The molecular formula is C12H21F3O3. The molecule has 0 aliphatic rings. The number of ether oxygens (including phenoxy) is 2. The van der Waals surface area contributed by atoms with Gasteiger partial charge >= 0.3 is 12.1 Å². The summed E-state index contributed by atoms with van der Waals surface area (Å²) in [6.07, 6.45) is -4.67. The standard InChI is InChI=1S/C12H21F3O3/c1-10(2,3)17-7-8(12(13,14)15)9(16)18-11(4,5)6/h8H,7H2,1-6H3.